The molecule has 0 aliphatic heterocycles. The lowest BCUT2D eigenvalue weighted by Crippen LogP contribution is -2.00. The summed E-state index contributed by atoms with van der Waals surface area (Å²) in [6.07, 6.45) is 1.87. The Morgan fingerprint density at radius 1 is 1.04 bits per heavy atom. The highest BCUT2D eigenvalue weighted by molar-refractivity contribution is 14.1. The van der Waals surface area contributed by atoms with Crippen molar-refractivity contribution in [3.05, 3.63) is 84.9 Å². The third-order valence-electron chi connectivity index (χ3n) is 4.27. The van der Waals surface area contributed by atoms with E-state index in [1.165, 1.54) is 5.56 Å². The van der Waals surface area contributed by atoms with Crippen molar-refractivity contribution in [2.75, 3.05) is 7.11 Å². The number of ether oxygens (including phenoxy) is 2. The van der Waals surface area contributed by atoms with Crippen LogP contribution in [0, 0.1) is 17.4 Å². The molecule has 28 heavy (non-hydrogen) atoms. The van der Waals surface area contributed by atoms with Gasteiger partial charge in [-0.05, 0) is 89.0 Å². The van der Waals surface area contributed by atoms with Crippen LogP contribution < -0.4 is 9.47 Å². The largest absolute Gasteiger partial charge is 0.493 e. The van der Waals surface area contributed by atoms with Crippen LogP contribution in [-0.2, 0) is 6.61 Å². The molecule has 3 aromatic carbocycles. The number of rotatable bonds is 6. The highest BCUT2D eigenvalue weighted by atomic mass is 127. The van der Waals surface area contributed by atoms with E-state index in [0.29, 0.717) is 12.4 Å². The normalized spacial score (nSPS) is 11.0. The van der Waals surface area contributed by atoms with Gasteiger partial charge in [0.25, 0.3) is 0 Å². The molecule has 3 rings (SSSR count). The van der Waals surface area contributed by atoms with Gasteiger partial charge in [-0.1, -0.05) is 40.2 Å². The van der Waals surface area contributed by atoms with Crippen molar-refractivity contribution in [3.63, 3.8) is 0 Å². The first-order valence-electron chi connectivity index (χ1n) is 8.82. The summed E-state index contributed by atoms with van der Waals surface area (Å²) in [6, 6.07) is 18.4. The van der Waals surface area contributed by atoms with Gasteiger partial charge in [0.15, 0.2) is 11.5 Å². The molecule has 0 heterocycles. The Morgan fingerprint density at radius 3 is 2.50 bits per heavy atom. The SMILES string of the molecule is COc1cc(C=Nc2cc(C)ccc2C)cc(I)c1OCc1ccc(Br)cc1. The van der Waals surface area contributed by atoms with Crippen molar-refractivity contribution in [3.8, 4) is 11.5 Å². The Hall–Kier alpha value is -1.86. The van der Waals surface area contributed by atoms with Crippen molar-refractivity contribution in [1.82, 2.24) is 0 Å². The molecule has 3 aromatic rings. The molecular formula is C23H21BrINO2. The molecule has 3 nitrogen and oxygen atoms in total. The van der Waals surface area contributed by atoms with Gasteiger partial charge in [-0.3, -0.25) is 4.99 Å². The summed E-state index contributed by atoms with van der Waals surface area (Å²) in [7, 11) is 1.66. The second kappa shape index (κ2) is 9.56. The van der Waals surface area contributed by atoms with E-state index < -0.39 is 0 Å². The molecule has 0 aliphatic rings. The molecule has 0 saturated heterocycles. The third kappa shape index (κ3) is 5.35. The summed E-state index contributed by atoms with van der Waals surface area (Å²) in [5, 5.41) is 0. The van der Waals surface area contributed by atoms with Gasteiger partial charge in [-0.25, -0.2) is 0 Å². The van der Waals surface area contributed by atoms with Crippen molar-refractivity contribution in [2.24, 2.45) is 4.99 Å². The van der Waals surface area contributed by atoms with Gasteiger partial charge in [0.2, 0.25) is 0 Å². The van der Waals surface area contributed by atoms with Gasteiger partial charge in [-0.15, -0.1) is 0 Å². The summed E-state index contributed by atoms with van der Waals surface area (Å²) < 4.78 is 13.6. The van der Waals surface area contributed by atoms with Gasteiger partial charge in [0, 0.05) is 10.7 Å². The minimum atomic E-state index is 0.482. The third-order valence-corrected chi connectivity index (χ3v) is 5.60. The van der Waals surface area contributed by atoms with Crippen LogP contribution in [0.25, 0.3) is 0 Å². The number of methoxy groups -OCH3 is 1. The molecule has 0 unspecified atom stereocenters. The maximum Gasteiger partial charge on any atom is 0.174 e. The maximum absolute atomic E-state index is 6.05. The maximum atomic E-state index is 6.05. The van der Waals surface area contributed by atoms with Crippen molar-refractivity contribution >= 4 is 50.4 Å². The lowest BCUT2D eigenvalue weighted by molar-refractivity contribution is 0.282. The molecule has 0 spiro atoms. The monoisotopic (exact) mass is 549 g/mol. The van der Waals surface area contributed by atoms with Crippen LogP contribution in [0.5, 0.6) is 11.5 Å². The zero-order chi connectivity index (χ0) is 20.1. The highest BCUT2D eigenvalue weighted by Gasteiger charge is 2.11. The fourth-order valence-electron chi connectivity index (χ4n) is 2.69. The molecule has 0 radical (unpaired) electrons. The molecule has 5 heteroatoms. The number of aryl methyl sites for hydroxylation is 2. The average molecular weight is 550 g/mol. The second-order valence-electron chi connectivity index (χ2n) is 6.50. The van der Waals surface area contributed by atoms with E-state index in [1.54, 1.807) is 7.11 Å². The predicted octanol–water partition coefficient (Wildman–Crippen LogP) is 7.01. The van der Waals surface area contributed by atoms with E-state index in [2.05, 4.69) is 81.6 Å². The fraction of sp³-hybridized carbons (Fsp3) is 0.174. The Kier molecular flexibility index (Phi) is 7.13. The highest BCUT2D eigenvalue weighted by Crippen LogP contribution is 2.34. The molecule has 0 atom stereocenters. The molecule has 0 N–H and O–H groups in total. The topological polar surface area (TPSA) is 30.8 Å². The summed E-state index contributed by atoms with van der Waals surface area (Å²) in [5.41, 5.74) is 5.39. The molecule has 0 aromatic heterocycles. The first-order chi connectivity index (χ1) is 13.5. The standard InChI is InChI=1S/C23H21BrINO2/c1-15-4-5-16(2)21(10-15)26-13-18-11-20(25)23(22(12-18)27-3)28-14-17-6-8-19(24)9-7-17/h4-13H,14H2,1-3H3. The first-order valence-corrected chi connectivity index (χ1v) is 10.7. The Balaban J connectivity index is 1.81. The number of halogens is 2. The number of hydrogen-bond acceptors (Lipinski definition) is 3. The van der Waals surface area contributed by atoms with Crippen LogP contribution in [-0.4, -0.2) is 13.3 Å². The Labute approximate surface area is 188 Å². The Morgan fingerprint density at radius 2 is 1.79 bits per heavy atom. The minimum absolute atomic E-state index is 0.482. The zero-order valence-electron chi connectivity index (χ0n) is 16.0. The van der Waals surface area contributed by atoms with Gasteiger partial charge < -0.3 is 9.47 Å². The van der Waals surface area contributed by atoms with Crippen LogP contribution in [0.3, 0.4) is 0 Å². The van der Waals surface area contributed by atoms with Crippen LogP contribution in [0.4, 0.5) is 5.69 Å². The van der Waals surface area contributed by atoms with Crippen LogP contribution in [0.1, 0.15) is 22.3 Å². The van der Waals surface area contributed by atoms with E-state index in [0.717, 1.165) is 36.2 Å². The fourth-order valence-corrected chi connectivity index (χ4v) is 3.74. The smallest absolute Gasteiger partial charge is 0.174 e. The molecule has 0 amide bonds. The molecule has 0 aliphatic carbocycles. The van der Waals surface area contributed by atoms with Crippen molar-refractivity contribution < 1.29 is 9.47 Å². The van der Waals surface area contributed by atoms with E-state index >= 15 is 0 Å². The van der Waals surface area contributed by atoms with Gasteiger partial charge in [0.1, 0.15) is 6.61 Å². The van der Waals surface area contributed by atoms with Crippen molar-refractivity contribution in [2.45, 2.75) is 20.5 Å². The average Bonchev–Trinajstić information content (AvgIpc) is 2.68. The Bertz CT molecular complexity index is 1000. The summed E-state index contributed by atoms with van der Waals surface area (Å²) >= 11 is 5.72. The van der Waals surface area contributed by atoms with Gasteiger partial charge in [0.05, 0.1) is 16.4 Å². The minimum Gasteiger partial charge on any atom is -0.493 e. The van der Waals surface area contributed by atoms with Crippen LogP contribution in [0.2, 0.25) is 0 Å². The van der Waals surface area contributed by atoms with E-state index in [4.69, 9.17) is 9.47 Å². The number of nitrogens with zero attached hydrogens (tertiary/aromatic N) is 1. The first kappa shape index (κ1) is 20.9. The van der Waals surface area contributed by atoms with Crippen LogP contribution in [0.15, 0.2) is 64.1 Å². The van der Waals surface area contributed by atoms with Gasteiger partial charge >= 0.3 is 0 Å². The second-order valence-corrected chi connectivity index (χ2v) is 8.58. The van der Waals surface area contributed by atoms with Crippen molar-refractivity contribution in [1.29, 1.82) is 0 Å². The van der Waals surface area contributed by atoms with Crippen LogP contribution >= 0.6 is 38.5 Å². The summed E-state index contributed by atoms with van der Waals surface area (Å²) in [4.78, 5) is 4.66. The molecule has 0 saturated carbocycles. The van der Waals surface area contributed by atoms with E-state index in [-0.39, 0.29) is 0 Å². The molecule has 0 fully saturated rings. The zero-order valence-corrected chi connectivity index (χ0v) is 19.7. The number of aliphatic imine (C=N–C) groups is 1. The summed E-state index contributed by atoms with van der Waals surface area (Å²) in [6.45, 7) is 4.62. The predicted molar refractivity (Wildman–Crippen MR) is 127 cm³/mol. The summed E-state index contributed by atoms with van der Waals surface area (Å²) in [5.74, 6) is 1.45. The molecular weight excluding hydrogens is 529 g/mol. The van der Waals surface area contributed by atoms with Gasteiger partial charge in [-0.2, -0.15) is 0 Å². The lowest BCUT2D eigenvalue weighted by atomic mass is 10.1. The van der Waals surface area contributed by atoms with E-state index in [1.807, 2.05) is 36.5 Å². The quantitative estimate of drug-likeness (QED) is 0.244. The van der Waals surface area contributed by atoms with E-state index in [9.17, 15) is 0 Å². The lowest BCUT2D eigenvalue weighted by Gasteiger charge is -2.13. The number of benzene rings is 3. The molecule has 0 bridgehead atoms. The number of hydrogen-bond donors (Lipinski definition) is 0. The molecule has 144 valence electrons.